The second-order valence-corrected chi connectivity index (χ2v) is 5.02. The van der Waals surface area contributed by atoms with E-state index in [0.717, 1.165) is 13.1 Å². The van der Waals surface area contributed by atoms with Gasteiger partial charge in [0, 0.05) is 30.6 Å². The van der Waals surface area contributed by atoms with Crippen LogP contribution in [-0.4, -0.2) is 37.0 Å². The maximum atomic E-state index is 5.43. The molecule has 0 saturated heterocycles. The zero-order chi connectivity index (χ0) is 11.8. The lowest BCUT2D eigenvalue weighted by Gasteiger charge is -2.23. The van der Waals surface area contributed by atoms with E-state index in [2.05, 4.69) is 47.9 Å². The molecule has 0 aliphatic carbocycles. The van der Waals surface area contributed by atoms with Crippen molar-refractivity contribution in [1.29, 1.82) is 0 Å². The van der Waals surface area contributed by atoms with Gasteiger partial charge in [0.05, 0.1) is 0 Å². The third-order valence-electron chi connectivity index (χ3n) is 2.37. The zero-order valence-corrected chi connectivity index (χ0v) is 10.8. The van der Waals surface area contributed by atoms with Gasteiger partial charge in [-0.1, -0.05) is 18.2 Å². The molecule has 1 unspecified atom stereocenters. The molecule has 1 rings (SSSR count). The zero-order valence-electron chi connectivity index (χ0n) is 10.0. The summed E-state index contributed by atoms with van der Waals surface area (Å²) in [6.07, 6.45) is 0. The van der Waals surface area contributed by atoms with Gasteiger partial charge in [0.1, 0.15) is 0 Å². The highest BCUT2D eigenvalue weighted by molar-refractivity contribution is 7.97. The highest BCUT2D eigenvalue weighted by Gasteiger charge is 2.09. The molecule has 0 aliphatic rings. The maximum absolute atomic E-state index is 5.43. The van der Waals surface area contributed by atoms with E-state index in [1.165, 1.54) is 4.90 Å². The normalized spacial score (nSPS) is 13.0. The van der Waals surface area contributed by atoms with Crippen LogP contribution in [0.2, 0.25) is 0 Å². The van der Waals surface area contributed by atoms with Gasteiger partial charge in [-0.2, -0.15) is 0 Å². The van der Waals surface area contributed by atoms with Gasteiger partial charge in [0.15, 0.2) is 0 Å². The number of hydrogen-bond donors (Lipinski definition) is 2. The minimum Gasteiger partial charge on any atom is -0.329 e. The number of nitrogens with two attached hydrogens (primary N) is 1. The van der Waals surface area contributed by atoms with E-state index in [1.54, 1.807) is 11.9 Å². The Kier molecular flexibility index (Phi) is 6.49. The molecule has 0 bridgehead atoms. The summed E-state index contributed by atoms with van der Waals surface area (Å²) in [6, 6.07) is 10.9. The molecule has 0 aliphatic heterocycles. The first kappa shape index (κ1) is 13.5. The molecule has 0 radical (unpaired) electrons. The van der Waals surface area contributed by atoms with E-state index < -0.39 is 0 Å². The highest BCUT2D eigenvalue weighted by Crippen LogP contribution is 2.22. The van der Waals surface area contributed by atoms with Crippen molar-refractivity contribution >= 4 is 11.9 Å². The van der Waals surface area contributed by atoms with E-state index in [4.69, 9.17) is 5.73 Å². The highest BCUT2D eigenvalue weighted by atomic mass is 32.2. The van der Waals surface area contributed by atoms with Crippen molar-refractivity contribution in [2.45, 2.75) is 17.9 Å². The average molecular weight is 239 g/mol. The molecule has 0 fully saturated rings. The van der Waals surface area contributed by atoms with Gasteiger partial charge in [0.2, 0.25) is 0 Å². The Morgan fingerprint density at radius 2 is 2.06 bits per heavy atom. The van der Waals surface area contributed by atoms with E-state index in [0.29, 0.717) is 12.6 Å². The molecule has 3 nitrogen and oxygen atoms in total. The number of nitrogens with zero attached hydrogens (tertiary/aromatic N) is 1. The van der Waals surface area contributed by atoms with E-state index in [1.807, 2.05) is 6.07 Å². The van der Waals surface area contributed by atoms with Crippen LogP contribution >= 0.6 is 11.9 Å². The van der Waals surface area contributed by atoms with Crippen molar-refractivity contribution in [3.63, 3.8) is 0 Å². The molecular weight excluding hydrogens is 218 g/mol. The summed E-state index contributed by atoms with van der Waals surface area (Å²) in [6.45, 7) is 4.75. The smallest absolute Gasteiger partial charge is 0.0299 e. The van der Waals surface area contributed by atoms with Crippen molar-refractivity contribution in [2.24, 2.45) is 5.73 Å². The fourth-order valence-electron chi connectivity index (χ4n) is 1.28. The van der Waals surface area contributed by atoms with Gasteiger partial charge in [-0.15, -0.1) is 0 Å². The first-order valence-electron chi connectivity index (χ1n) is 5.60. The molecule has 1 aromatic carbocycles. The van der Waals surface area contributed by atoms with Gasteiger partial charge in [-0.25, -0.2) is 4.31 Å². The molecular formula is C12H21N3S. The van der Waals surface area contributed by atoms with Crippen molar-refractivity contribution in [1.82, 2.24) is 9.62 Å². The molecule has 0 saturated carbocycles. The number of hydrogen-bond acceptors (Lipinski definition) is 4. The Labute approximate surface area is 103 Å². The summed E-state index contributed by atoms with van der Waals surface area (Å²) >= 11 is 1.77. The Morgan fingerprint density at radius 3 is 2.69 bits per heavy atom. The second-order valence-electron chi connectivity index (χ2n) is 3.79. The topological polar surface area (TPSA) is 41.3 Å². The van der Waals surface area contributed by atoms with Crippen LogP contribution in [-0.2, 0) is 0 Å². The summed E-state index contributed by atoms with van der Waals surface area (Å²) < 4.78 is 2.26. The summed E-state index contributed by atoms with van der Waals surface area (Å²) in [5, 5.41) is 3.32. The third-order valence-corrected chi connectivity index (χ3v) is 3.51. The molecule has 3 N–H and O–H groups in total. The molecule has 4 heteroatoms. The Morgan fingerprint density at radius 1 is 1.38 bits per heavy atom. The monoisotopic (exact) mass is 239 g/mol. The molecule has 1 aromatic rings. The third kappa shape index (κ3) is 4.99. The summed E-state index contributed by atoms with van der Waals surface area (Å²) in [7, 11) is 2.12. The van der Waals surface area contributed by atoms with Crippen LogP contribution in [0.3, 0.4) is 0 Å². The Hall–Kier alpha value is -0.550. The summed E-state index contributed by atoms with van der Waals surface area (Å²) in [5.74, 6) is 0. The van der Waals surface area contributed by atoms with E-state index >= 15 is 0 Å². The average Bonchev–Trinajstić information content (AvgIpc) is 2.30. The lowest BCUT2D eigenvalue weighted by molar-refractivity contribution is 0.413. The quantitative estimate of drug-likeness (QED) is 0.560. The molecule has 0 aromatic heterocycles. The van der Waals surface area contributed by atoms with E-state index in [9.17, 15) is 0 Å². The standard InChI is InChI=1S/C12H21N3S/c1-11(10-14-9-8-13)15(2)16-12-6-4-3-5-7-12/h3-7,11,14H,8-10,13H2,1-2H3. The van der Waals surface area contributed by atoms with Gasteiger partial charge >= 0.3 is 0 Å². The fourth-order valence-corrected chi connectivity index (χ4v) is 2.15. The van der Waals surface area contributed by atoms with Crippen LogP contribution < -0.4 is 11.1 Å². The summed E-state index contributed by atoms with van der Waals surface area (Å²) in [5.41, 5.74) is 5.43. The Bertz CT molecular complexity index is 279. The van der Waals surface area contributed by atoms with E-state index in [-0.39, 0.29) is 0 Å². The lowest BCUT2D eigenvalue weighted by atomic mass is 10.3. The minimum atomic E-state index is 0.483. The van der Waals surface area contributed by atoms with Gasteiger partial charge < -0.3 is 11.1 Å². The predicted molar refractivity (Wildman–Crippen MR) is 71.4 cm³/mol. The van der Waals surface area contributed by atoms with Crippen LogP contribution in [0.1, 0.15) is 6.92 Å². The number of benzene rings is 1. The Balaban J connectivity index is 2.31. The van der Waals surface area contributed by atoms with Crippen LogP contribution in [0.25, 0.3) is 0 Å². The maximum Gasteiger partial charge on any atom is 0.0299 e. The molecule has 16 heavy (non-hydrogen) atoms. The lowest BCUT2D eigenvalue weighted by Crippen LogP contribution is -2.36. The molecule has 0 heterocycles. The number of nitrogens with one attached hydrogen (secondary N) is 1. The summed E-state index contributed by atoms with van der Waals surface area (Å²) in [4.78, 5) is 1.27. The first-order chi connectivity index (χ1) is 7.74. The SMILES string of the molecule is CC(CNCCN)N(C)Sc1ccccc1. The second kappa shape index (κ2) is 7.68. The fraction of sp³-hybridized carbons (Fsp3) is 0.500. The van der Waals surface area contributed by atoms with Crippen molar-refractivity contribution in [2.75, 3.05) is 26.7 Å². The number of rotatable bonds is 7. The number of likely N-dealkylation sites (N-methyl/N-ethyl adjacent to an activating group) is 1. The molecule has 0 amide bonds. The van der Waals surface area contributed by atoms with Crippen LogP contribution in [0.5, 0.6) is 0 Å². The largest absolute Gasteiger partial charge is 0.329 e. The minimum absolute atomic E-state index is 0.483. The van der Waals surface area contributed by atoms with Crippen molar-refractivity contribution in [3.8, 4) is 0 Å². The molecule has 0 spiro atoms. The molecule has 90 valence electrons. The van der Waals surface area contributed by atoms with Crippen LogP contribution in [0, 0.1) is 0 Å². The van der Waals surface area contributed by atoms with Gasteiger partial charge in [0.25, 0.3) is 0 Å². The molecule has 1 atom stereocenters. The predicted octanol–water partition coefficient (Wildman–Crippen LogP) is 1.56. The van der Waals surface area contributed by atoms with Crippen molar-refractivity contribution < 1.29 is 0 Å². The van der Waals surface area contributed by atoms with Crippen molar-refractivity contribution in [3.05, 3.63) is 30.3 Å². The van der Waals surface area contributed by atoms with Gasteiger partial charge in [-0.05, 0) is 38.1 Å². The van der Waals surface area contributed by atoms with Crippen LogP contribution in [0.4, 0.5) is 0 Å². The van der Waals surface area contributed by atoms with Crippen LogP contribution in [0.15, 0.2) is 35.2 Å². The first-order valence-corrected chi connectivity index (χ1v) is 6.38. The van der Waals surface area contributed by atoms with Gasteiger partial charge in [-0.3, -0.25) is 0 Å².